The molecule has 2 aliphatic rings. The molecule has 1 aliphatic heterocycles. The molecule has 2 fully saturated rings. The summed E-state index contributed by atoms with van der Waals surface area (Å²) in [6, 6.07) is 0. The maximum Gasteiger partial charge on any atom is 0.310 e. The van der Waals surface area contributed by atoms with Crippen LogP contribution in [0.1, 0.15) is 44.9 Å². The molecule has 0 aromatic carbocycles. The van der Waals surface area contributed by atoms with Crippen LogP contribution in [-0.4, -0.2) is 48.8 Å². The van der Waals surface area contributed by atoms with Crippen LogP contribution in [-0.2, 0) is 9.53 Å². The summed E-state index contributed by atoms with van der Waals surface area (Å²) < 4.78 is 5.44. The summed E-state index contributed by atoms with van der Waals surface area (Å²) in [7, 11) is 0. The van der Waals surface area contributed by atoms with Crippen molar-refractivity contribution in [3.05, 3.63) is 0 Å². The fourth-order valence-corrected chi connectivity index (χ4v) is 3.23. The van der Waals surface area contributed by atoms with Crippen molar-refractivity contribution in [1.82, 2.24) is 4.90 Å². The Hall–Kier alpha value is -0.610. The Kier molecular flexibility index (Phi) is 5.01. The minimum absolute atomic E-state index is 0.499. The minimum Gasteiger partial charge on any atom is -0.481 e. The van der Waals surface area contributed by atoms with Gasteiger partial charge in [0.05, 0.1) is 12.0 Å². The molecule has 4 nitrogen and oxygen atoms in total. The van der Waals surface area contributed by atoms with Crippen LogP contribution >= 0.6 is 0 Å². The zero-order valence-electron chi connectivity index (χ0n) is 11.2. The first-order chi connectivity index (χ1) is 8.73. The number of hydrogen-bond acceptors (Lipinski definition) is 3. The van der Waals surface area contributed by atoms with Gasteiger partial charge in [0, 0.05) is 26.2 Å². The fourth-order valence-electron chi connectivity index (χ4n) is 3.23. The van der Waals surface area contributed by atoms with Gasteiger partial charge >= 0.3 is 5.97 Å². The molecule has 1 saturated carbocycles. The molecule has 0 unspecified atom stereocenters. The summed E-state index contributed by atoms with van der Waals surface area (Å²) in [5.41, 5.74) is -0.499. The monoisotopic (exact) mass is 255 g/mol. The third-order valence-corrected chi connectivity index (χ3v) is 4.36. The molecule has 0 aromatic rings. The van der Waals surface area contributed by atoms with Crippen LogP contribution in [0, 0.1) is 5.41 Å². The Balaban J connectivity index is 2.01. The number of nitrogens with zero attached hydrogens (tertiary/aromatic N) is 1. The van der Waals surface area contributed by atoms with Gasteiger partial charge in [-0.3, -0.25) is 9.69 Å². The molecule has 1 aliphatic carbocycles. The Morgan fingerprint density at radius 1 is 1.06 bits per heavy atom. The number of carbonyl (C=O) groups is 1. The normalized spacial score (nSPS) is 26.2. The predicted octanol–water partition coefficient (Wildman–Crippen LogP) is 2.13. The Bertz CT molecular complexity index is 264. The van der Waals surface area contributed by atoms with Gasteiger partial charge in [-0.15, -0.1) is 0 Å². The summed E-state index contributed by atoms with van der Waals surface area (Å²) in [5, 5.41) is 9.66. The molecule has 1 saturated heterocycles. The van der Waals surface area contributed by atoms with Gasteiger partial charge < -0.3 is 9.84 Å². The maximum atomic E-state index is 11.7. The van der Waals surface area contributed by atoms with Crippen molar-refractivity contribution in [3.63, 3.8) is 0 Å². The Labute approximate surface area is 109 Å². The second-order valence-corrected chi connectivity index (χ2v) is 5.74. The highest BCUT2D eigenvalue weighted by Gasteiger charge is 2.40. The second-order valence-electron chi connectivity index (χ2n) is 5.74. The van der Waals surface area contributed by atoms with Gasteiger partial charge in [-0.2, -0.15) is 0 Å². The summed E-state index contributed by atoms with van der Waals surface area (Å²) >= 11 is 0. The fraction of sp³-hybridized carbons (Fsp3) is 0.929. The quantitative estimate of drug-likeness (QED) is 0.785. The van der Waals surface area contributed by atoms with E-state index in [-0.39, 0.29) is 0 Å². The number of rotatable bonds is 3. The van der Waals surface area contributed by atoms with Crippen LogP contribution in [0.2, 0.25) is 0 Å². The molecule has 1 N–H and O–H groups in total. The summed E-state index contributed by atoms with van der Waals surface area (Å²) in [4.78, 5) is 14.0. The first kappa shape index (κ1) is 13.8. The van der Waals surface area contributed by atoms with Gasteiger partial charge in [0.25, 0.3) is 0 Å². The highest BCUT2D eigenvalue weighted by Crippen LogP contribution is 2.36. The van der Waals surface area contributed by atoms with Crippen molar-refractivity contribution >= 4 is 5.97 Å². The first-order valence-electron chi connectivity index (χ1n) is 7.26. The molecule has 2 rings (SSSR count). The standard InChI is InChI=1S/C14H25NO3/c16-13(17)14(6-3-1-2-4-7-14)12-15-8-5-10-18-11-9-15/h1-12H2,(H,16,17). The summed E-state index contributed by atoms with van der Waals surface area (Å²) in [5.74, 6) is -0.588. The highest BCUT2D eigenvalue weighted by atomic mass is 16.5. The largest absolute Gasteiger partial charge is 0.481 e. The lowest BCUT2D eigenvalue weighted by molar-refractivity contribution is -0.151. The highest BCUT2D eigenvalue weighted by molar-refractivity contribution is 5.75. The number of aliphatic carboxylic acids is 1. The molecule has 0 amide bonds. The SMILES string of the molecule is O=C(O)C1(CN2CCCOCC2)CCCCCC1. The first-order valence-corrected chi connectivity index (χ1v) is 7.26. The zero-order valence-corrected chi connectivity index (χ0v) is 11.2. The van der Waals surface area contributed by atoms with Crippen LogP contribution in [0.25, 0.3) is 0 Å². The van der Waals surface area contributed by atoms with Crippen LogP contribution < -0.4 is 0 Å². The Morgan fingerprint density at radius 3 is 2.44 bits per heavy atom. The number of carboxylic acids is 1. The van der Waals surface area contributed by atoms with Gasteiger partial charge in [-0.25, -0.2) is 0 Å². The van der Waals surface area contributed by atoms with Crippen LogP contribution in [0.3, 0.4) is 0 Å². The van der Waals surface area contributed by atoms with Gasteiger partial charge in [0.1, 0.15) is 0 Å². The van der Waals surface area contributed by atoms with E-state index >= 15 is 0 Å². The van der Waals surface area contributed by atoms with E-state index in [2.05, 4.69) is 4.90 Å². The van der Waals surface area contributed by atoms with E-state index in [1.807, 2.05) is 0 Å². The number of carboxylic acid groups (broad SMARTS) is 1. The van der Waals surface area contributed by atoms with Crippen LogP contribution in [0.5, 0.6) is 0 Å². The molecule has 0 radical (unpaired) electrons. The minimum atomic E-state index is -0.588. The third kappa shape index (κ3) is 3.45. The zero-order chi connectivity index (χ0) is 12.8. The molecule has 0 aromatic heterocycles. The van der Waals surface area contributed by atoms with Crippen molar-refractivity contribution < 1.29 is 14.6 Å². The molecule has 4 heteroatoms. The lowest BCUT2D eigenvalue weighted by Crippen LogP contribution is -2.44. The van der Waals surface area contributed by atoms with Crippen molar-refractivity contribution in [2.45, 2.75) is 44.9 Å². The topological polar surface area (TPSA) is 49.8 Å². The maximum absolute atomic E-state index is 11.7. The number of ether oxygens (including phenoxy) is 1. The molecule has 0 atom stereocenters. The van der Waals surface area contributed by atoms with E-state index in [0.717, 1.165) is 58.4 Å². The van der Waals surface area contributed by atoms with Gasteiger partial charge in [-0.1, -0.05) is 25.7 Å². The Morgan fingerprint density at radius 2 is 1.78 bits per heavy atom. The van der Waals surface area contributed by atoms with E-state index < -0.39 is 11.4 Å². The number of hydrogen-bond donors (Lipinski definition) is 1. The molecule has 104 valence electrons. The summed E-state index contributed by atoms with van der Waals surface area (Å²) in [6.45, 7) is 4.14. The van der Waals surface area contributed by atoms with Crippen molar-refractivity contribution in [2.24, 2.45) is 5.41 Å². The summed E-state index contributed by atoms with van der Waals surface area (Å²) in [6.07, 6.45) is 7.23. The van der Waals surface area contributed by atoms with Gasteiger partial charge in [0.2, 0.25) is 0 Å². The smallest absolute Gasteiger partial charge is 0.310 e. The average Bonchev–Trinajstić information content (AvgIpc) is 2.73. The molecular formula is C14H25NO3. The molecule has 18 heavy (non-hydrogen) atoms. The van der Waals surface area contributed by atoms with Crippen molar-refractivity contribution in [2.75, 3.05) is 32.8 Å². The lowest BCUT2D eigenvalue weighted by atomic mass is 9.80. The lowest BCUT2D eigenvalue weighted by Gasteiger charge is -2.33. The molecule has 0 bridgehead atoms. The van der Waals surface area contributed by atoms with E-state index in [9.17, 15) is 9.90 Å². The molecular weight excluding hydrogens is 230 g/mol. The van der Waals surface area contributed by atoms with Gasteiger partial charge in [-0.05, 0) is 19.3 Å². The van der Waals surface area contributed by atoms with Crippen LogP contribution in [0.15, 0.2) is 0 Å². The molecule has 0 spiro atoms. The molecule has 1 heterocycles. The second kappa shape index (κ2) is 6.53. The van der Waals surface area contributed by atoms with E-state index in [1.165, 1.54) is 12.8 Å². The van der Waals surface area contributed by atoms with E-state index in [1.54, 1.807) is 0 Å². The third-order valence-electron chi connectivity index (χ3n) is 4.36. The predicted molar refractivity (Wildman–Crippen MR) is 69.6 cm³/mol. The van der Waals surface area contributed by atoms with Crippen molar-refractivity contribution in [1.29, 1.82) is 0 Å². The van der Waals surface area contributed by atoms with E-state index in [4.69, 9.17) is 4.74 Å². The van der Waals surface area contributed by atoms with Crippen LogP contribution in [0.4, 0.5) is 0 Å². The van der Waals surface area contributed by atoms with Gasteiger partial charge in [0.15, 0.2) is 0 Å². The average molecular weight is 255 g/mol. The van der Waals surface area contributed by atoms with E-state index in [0.29, 0.717) is 6.54 Å². The van der Waals surface area contributed by atoms with Crippen molar-refractivity contribution in [3.8, 4) is 0 Å².